The highest BCUT2D eigenvalue weighted by atomic mass is 32.2. The first-order chi connectivity index (χ1) is 12.5. The summed E-state index contributed by atoms with van der Waals surface area (Å²) in [6.45, 7) is 1.47. The number of hydrogen-bond donors (Lipinski definition) is 0. The maximum absolute atomic E-state index is 11.9. The number of rotatable bonds is 4. The summed E-state index contributed by atoms with van der Waals surface area (Å²) in [6.07, 6.45) is 5.33. The van der Waals surface area contributed by atoms with Gasteiger partial charge >= 0.3 is 0 Å². The zero-order chi connectivity index (χ0) is 17.9. The molecule has 0 radical (unpaired) electrons. The van der Waals surface area contributed by atoms with Crippen LogP contribution in [0, 0.1) is 0 Å². The Morgan fingerprint density at radius 3 is 2.69 bits per heavy atom. The number of benzene rings is 1. The van der Waals surface area contributed by atoms with Gasteiger partial charge in [-0.05, 0) is 18.4 Å². The molecule has 3 aromatic rings. The van der Waals surface area contributed by atoms with Crippen LogP contribution < -0.4 is 0 Å². The van der Waals surface area contributed by atoms with Crippen molar-refractivity contribution in [2.75, 3.05) is 6.26 Å². The van der Waals surface area contributed by atoms with Crippen LogP contribution >= 0.6 is 11.3 Å². The van der Waals surface area contributed by atoms with Gasteiger partial charge in [-0.25, -0.2) is 13.4 Å². The Kier molecular flexibility index (Phi) is 3.48. The lowest BCUT2D eigenvalue weighted by molar-refractivity contribution is 0.260. The third-order valence-corrected chi connectivity index (χ3v) is 7.54. The van der Waals surface area contributed by atoms with Crippen LogP contribution in [0.3, 0.4) is 0 Å². The molecule has 0 saturated heterocycles. The van der Waals surface area contributed by atoms with Crippen LogP contribution in [0.4, 0.5) is 0 Å². The van der Waals surface area contributed by atoms with Gasteiger partial charge in [0.25, 0.3) is 0 Å². The molecule has 26 heavy (non-hydrogen) atoms. The zero-order valence-electron chi connectivity index (χ0n) is 14.3. The molecule has 0 unspecified atom stereocenters. The van der Waals surface area contributed by atoms with Crippen LogP contribution in [0.25, 0.3) is 10.3 Å². The van der Waals surface area contributed by atoms with Gasteiger partial charge in [0.15, 0.2) is 5.65 Å². The second-order valence-electron chi connectivity index (χ2n) is 6.92. The molecule has 8 heteroatoms. The first kappa shape index (κ1) is 16.0. The Bertz CT molecular complexity index is 1130. The van der Waals surface area contributed by atoms with Crippen molar-refractivity contribution in [3.8, 4) is 0 Å². The minimum Gasteiger partial charge on any atom is -0.323 e. The molecule has 1 saturated carbocycles. The normalized spacial score (nSPS) is 17.0. The average molecular weight is 387 g/mol. The first-order valence-corrected chi connectivity index (χ1v) is 11.3. The van der Waals surface area contributed by atoms with Crippen molar-refractivity contribution in [2.24, 2.45) is 5.10 Å². The lowest BCUT2D eigenvalue weighted by Gasteiger charge is -2.24. The molecule has 0 spiro atoms. The Balaban J connectivity index is 1.57. The van der Waals surface area contributed by atoms with Crippen LogP contribution in [0.15, 0.2) is 39.8 Å². The van der Waals surface area contributed by atoms with E-state index in [-0.39, 0.29) is 4.34 Å². The fourth-order valence-corrected chi connectivity index (χ4v) is 5.37. The van der Waals surface area contributed by atoms with E-state index in [4.69, 9.17) is 0 Å². The van der Waals surface area contributed by atoms with Crippen molar-refractivity contribution >= 4 is 37.7 Å². The molecule has 1 aliphatic heterocycles. The molecule has 0 bridgehead atoms. The highest BCUT2D eigenvalue weighted by Crippen LogP contribution is 2.44. The monoisotopic (exact) mass is 386 g/mol. The van der Waals surface area contributed by atoms with Gasteiger partial charge in [0.1, 0.15) is 0 Å². The fraction of sp³-hybridized carbons (Fsp3) is 0.333. The van der Waals surface area contributed by atoms with E-state index in [0.29, 0.717) is 12.6 Å². The van der Waals surface area contributed by atoms with E-state index < -0.39 is 9.84 Å². The Hall–Kier alpha value is -2.19. The predicted octanol–water partition coefficient (Wildman–Crippen LogP) is 3.19. The van der Waals surface area contributed by atoms with Gasteiger partial charge in [0.2, 0.25) is 14.2 Å². The highest BCUT2D eigenvalue weighted by Gasteiger charge is 2.34. The van der Waals surface area contributed by atoms with Crippen molar-refractivity contribution in [1.29, 1.82) is 0 Å². The second kappa shape index (κ2) is 5.65. The maximum Gasteiger partial charge on any atom is 0.211 e. The molecule has 2 aromatic heterocycles. The molecule has 134 valence electrons. The van der Waals surface area contributed by atoms with Gasteiger partial charge in [0.05, 0.1) is 29.7 Å². The van der Waals surface area contributed by atoms with E-state index in [0.717, 1.165) is 35.3 Å². The van der Waals surface area contributed by atoms with Gasteiger partial charge in [-0.3, -0.25) is 5.01 Å². The quantitative estimate of drug-likeness (QED) is 0.691. The molecule has 0 amide bonds. The van der Waals surface area contributed by atoms with Crippen LogP contribution in [0.2, 0.25) is 0 Å². The minimum absolute atomic E-state index is 0.194. The molecular weight excluding hydrogens is 368 g/mol. The number of aromatic nitrogens is 2. The fourth-order valence-electron chi connectivity index (χ4n) is 3.44. The lowest BCUT2D eigenvalue weighted by atomic mass is 10.2. The number of hydrogen-bond acceptors (Lipinski definition) is 6. The van der Waals surface area contributed by atoms with Crippen LogP contribution in [-0.4, -0.2) is 35.4 Å². The van der Waals surface area contributed by atoms with Crippen LogP contribution in [0.5, 0.6) is 0 Å². The number of nitrogens with zero attached hydrogens (tertiary/aromatic N) is 4. The second-order valence-corrected chi connectivity index (χ2v) is 10.1. The minimum atomic E-state index is -3.30. The van der Waals surface area contributed by atoms with E-state index in [2.05, 4.69) is 31.8 Å². The van der Waals surface area contributed by atoms with Crippen molar-refractivity contribution < 1.29 is 8.42 Å². The lowest BCUT2D eigenvalue weighted by Crippen LogP contribution is -2.23. The van der Waals surface area contributed by atoms with E-state index >= 15 is 0 Å². The van der Waals surface area contributed by atoms with Gasteiger partial charge in [-0.1, -0.05) is 30.3 Å². The van der Waals surface area contributed by atoms with Gasteiger partial charge < -0.3 is 4.57 Å². The molecule has 5 rings (SSSR count). The van der Waals surface area contributed by atoms with E-state index in [1.807, 2.05) is 24.4 Å². The number of thiazole rings is 1. The molecule has 0 atom stereocenters. The van der Waals surface area contributed by atoms with Gasteiger partial charge in [0, 0.05) is 17.9 Å². The van der Waals surface area contributed by atoms with E-state index in [1.165, 1.54) is 28.8 Å². The summed E-state index contributed by atoms with van der Waals surface area (Å²) in [5.41, 5.74) is 4.25. The van der Waals surface area contributed by atoms with E-state index in [9.17, 15) is 8.42 Å². The predicted molar refractivity (Wildman–Crippen MR) is 102 cm³/mol. The topological polar surface area (TPSA) is 67.6 Å². The molecule has 6 nitrogen and oxygen atoms in total. The Morgan fingerprint density at radius 1 is 1.23 bits per heavy atom. The molecule has 0 N–H and O–H groups in total. The third-order valence-electron chi connectivity index (χ3n) is 4.78. The molecule has 3 heterocycles. The summed E-state index contributed by atoms with van der Waals surface area (Å²) in [7, 11) is -3.30. The SMILES string of the molecule is CS(=O)(=O)c1nc2c(s1)c1c(n2C2CC2)CN(Cc2ccccc2)N=C1. The van der Waals surface area contributed by atoms with Crippen LogP contribution in [0.1, 0.15) is 35.7 Å². The number of fused-ring (bicyclic) bond motifs is 3. The first-order valence-electron chi connectivity index (χ1n) is 8.57. The molecule has 1 aromatic carbocycles. The summed E-state index contributed by atoms with van der Waals surface area (Å²) in [6, 6.07) is 10.7. The number of sulfone groups is 1. The summed E-state index contributed by atoms with van der Waals surface area (Å²) in [5.74, 6) is 0. The summed E-state index contributed by atoms with van der Waals surface area (Å²) in [5, 5.41) is 6.66. The standard InChI is InChI=1S/C18H18N4O2S2/c1-26(23,24)18-20-17-16(25-18)14-9-19-21(10-12-5-3-2-4-6-12)11-15(14)22(17)13-7-8-13/h2-6,9,13H,7-8,10-11H2,1H3. The van der Waals surface area contributed by atoms with Crippen molar-refractivity contribution in [3.63, 3.8) is 0 Å². The molecular formula is C18H18N4O2S2. The maximum atomic E-state index is 11.9. The third kappa shape index (κ3) is 2.64. The summed E-state index contributed by atoms with van der Waals surface area (Å²) in [4.78, 5) is 4.47. The van der Waals surface area contributed by atoms with Crippen LogP contribution in [-0.2, 0) is 22.9 Å². The Labute approximate surface area is 155 Å². The average Bonchev–Trinajstić information content (AvgIpc) is 3.25. The Morgan fingerprint density at radius 2 is 2.00 bits per heavy atom. The smallest absolute Gasteiger partial charge is 0.211 e. The van der Waals surface area contributed by atoms with E-state index in [1.54, 1.807) is 0 Å². The van der Waals surface area contributed by atoms with Crippen molar-refractivity contribution in [1.82, 2.24) is 14.6 Å². The molecule has 1 aliphatic carbocycles. The molecule has 2 aliphatic rings. The van der Waals surface area contributed by atoms with Crippen molar-refractivity contribution in [2.45, 2.75) is 36.3 Å². The number of hydrazone groups is 1. The summed E-state index contributed by atoms with van der Waals surface area (Å²) < 4.78 is 27.2. The highest BCUT2D eigenvalue weighted by molar-refractivity contribution is 7.92. The van der Waals surface area contributed by atoms with Gasteiger partial charge in [-0.2, -0.15) is 5.10 Å². The summed E-state index contributed by atoms with van der Waals surface area (Å²) >= 11 is 1.26. The molecule has 1 fully saturated rings. The largest absolute Gasteiger partial charge is 0.323 e. The van der Waals surface area contributed by atoms with Gasteiger partial charge in [-0.15, -0.1) is 11.3 Å². The zero-order valence-corrected chi connectivity index (χ0v) is 15.9. The van der Waals surface area contributed by atoms with Crippen molar-refractivity contribution in [3.05, 3.63) is 47.2 Å².